The van der Waals surface area contributed by atoms with Crippen LogP contribution >= 0.6 is 29.0 Å². The monoisotopic (exact) mass is 926 g/mol. The second-order valence-corrected chi connectivity index (χ2v) is 18.4. The Bertz CT molecular complexity index is 2810. The highest BCUT2D eigenvalue weighted by Crippen LogP contribution is 2.57. The number of methoxy groups -OCH3 is 4. The molecule has 0 aliphatic carbocycles. The molecule has 0 spiro atoms. The van der Waals surface area contributed by atoms with E-state index in [1.54, 1.807) is 28.4 Å². The fraction of sp³-hybridized carbons (Fsp3) is 0.154. The van der Waals surface area contributed by atoms with Gasteiger partial charge in [0, 0.05) is 5.56 Å². The van der Waals surface area contributed by atoms with E-state index in [4.69, 9.17) is 46.1 Å². The van der Waals surface area contributed by atoms with E-state index in [1.807, 2.05) is 133 Å². The van der Waals surface area contributed by atoms with Crippen LogP contribution in [0.1, 0.15) is 26.3 Å². The number of fused-ring (bicyclic) bond motifs is 2. The van der Waals surface area contributed by atoms with Crippen LogP contribution in [0.5, 0.6) is 57.5 Å². The lowest BCUT2D eigenvalue weighted by molar-refractivity contribution is 0.343. The van der Waals surface area contributed by atoms with E-state index >= 15 is 0 Å². The summed E-state index contributed by atoms with van der Waals surface area (Å²) in [6.07, 6.45) is 0. The zero-order chi connectivity index (χ0) is 45.3. The van der Waals surface area contributed by atoms with Crippen molar-refractivity contribution in [3.05, 3.63) is 169 Å². The normalized spacial score (nSPS) is 11.3. The predicted octanol–water partition coefficient (Wildman–Crippen LogP) is 15.0. The summed E-state index contributed by atoms with van der Waals surface area (Å²) < 4.78 is 63.5. The minimum atomic E-state index is -2.23. The Hall–Kier alpha value is -6.51. The third-order valence-corrected chi connectivity index (χ3v) is 13.4. The Morgan fingerprint density at radius 1 is 0.354 bits per heavy atom. The van der Waals surface area contributed by atoms with Gasteiger partial charge in [-0.2, -0.15) is 0 Å². The molecule has 0 N–H and O–H groups in total. The van der Waals surface area contributed by atoms with Crippen LogP contribution in [0, 0.1) is 0 Å². The Labute approximate surface area is 386 Å². The van der Waals surface area contributed by atoms with Gasteiger partial charge in [0.15, 0.2) is 46.0 Å². The molecule has 0 saturated carbocycles. The average molecular weight is 927 g/mol. The first-order chi connectivity index (χ1) is 31.7. The molecule has 0 saturated heterocycles. The number of rotatable bonds is 18. The number of benzene rings is 8. The Balaban J connectivity index is 1.30. The van der Waals surface area contributed by atoms with Crippen molar-refractivity contribution in [1.82, 2.24) is 0 Å². The van der Waals surface area contributed by atoms with Gasteiger partial charge >= 0.3 is 17.2 Å². The minimum Gasteiger partial charge on any atom is -0.493 e. The predicted molar refractivity (Wildman–Crippen MR) is 260 cm³/mol. The summed E-state index contributed by atoms with van der Waals surface area (Å²) in [5.41, 5.74) is 0.518. The van der Waals surface area contributed by atoms with Crippen molar-refractivity contribution in [2.45, 2.75) is 36.0 Å². The largest absolute Gasteiger partial charge is 0.530 e. The molecule has 0 fully saturated rings. The number of hydrogen-bond donors (Lipinski definition) is 0. The number of ether oxygens (including phenoxy) is 4. The van der Waals surface area contributed by atoms with Crippen molar-refractivity contribution in [3.63, 3.8) is 0 Å². The van der Waals surface area contributed by atoms with E-state index in [9.17, 15) is 0 Å². The minimum absolute atomic E-state index is 0.415. The van der Waals surface area contributed by atoms with Gasteiger partial charge in [0.1, 0.15) is 11.5 Å². The summed E-state index contributed by atoms with van der Waals surface area (Å²) >= 11 is 1.52. The van der Waals surface area contributed by atoms with Crippen LogP contribution in [-0.4, -0.2) is 28.4 Å². The summed E-state index contributed by atoms with van der Waals surface area (Å²) in [5, 5.41) is 3.91. The van der Waals surface area contributed by atoms with Crippen LogP contribution < -0.4 is 46.1 Å². The van der Waals surface area contributed by atoms with E-state index in [2.05, 4.69) is 51.1 Å². The molecule has 10 nitrogen and oxygen atoms in total. The molecule has 0 bridgehead atoms. The molecule has 0 aromatic heterocycles. The molecule has 8 aromatic carbocycles. The third-order valence-electron chi connectivity index (χ3n) is 10.1. The SMILES string of the molecule is COc1ccccc1OP(Oc1ccccc1OC)Oc1ccc2ccccc2c1Sc1c(OP(Oc2ccccc2OC)Oc2ccccc2OC)c(C(C)(C)C)cc2ccccc12. The van der Waals surface area contributed by atoms with Gasteiger partial charge in [0.05, 0.1) is 38.2 Å². The van der Waals surface area contributed by atoms with E-state index in [0.717, 1.165) is 36.9 Å². The van der Waals surface area contributed by atoms with Crippen molar-refractivity contribution in [2.24, 2.45) is 0 Å². The Morgan fingerprint density at radius 2 is 0.708 bits per heavy atom. The first-order valence-corrected chi connectivity index (χ1v) is 23.6. The summed E-state index contributed by atoms with van der Waals surface area (Å²) in [4.78, 5) is 1.61. The molecule has 0 amide bonds. The highest BCUT2D eigenvalue weighted by Gasteiger charge is 2.33. The molecular formula is C52H48O10P2S. The second kappa shape index (κ2) is 20.5. The molecule has 8 aromatic rings. The lowest BCUT2D eigenvalue weighted by Crippen LogP contribution is -2.15. The summed E-state index contributed by atoms with van der Waals surface area (Å²) in [7, 11) is 1.96. The molecule has 0 radical (unpaired) electrons. The summed E-state index contributed by atoms with van der Waals surface area (Å²) in [6.45, 7) is 6.48. The average Bonchev–Trinajstić information content (AvgIpc) is 3.33. The van der Waals surface area contributed by atoms with Gasteiger partial charge in [-0.25, -0.2) is 0 Å². The molecule has 332 valence electrons. The smallest absolute Gasteiger partial charge is 0.493 e. The van der Waals surface area contributed by atoms with E-state index in [1.165, 1.54) is 11.8 Å². The van der Waals surface area contributed by atoms with Crippen LogP contribution in [-0.2, 0) is 5.41 Å². The maximum Gasteiger partial charge on any atom is 0.530 e. The van der Waals surface area contributed by atoms with E-state index in [-0.39, 0.29) is 0 Å². The lowest BCUT2D eigenvalue weighted by atomic mass is 9.85. The molecule has 0 atom stereocenters. The molecule has 13 heteroatoms. The summed E-state index contributed by atoms with van der Waals surface area (Å²) in [5.74, 6) is 4.98. The Morgan fingerprint density at radius 3 is 1.14 bits per heavy atom. The molecular weight excluding hydrogens is 879 g/mol. The maximum absolute atomic E-state index is 7.21. The molecule has 0 heterocycles. The van der Waals surface area contributed by atoms with Crippen molar-refractivity contribution in [2.75, 3.05) is 28.4 Å². The maximum atomic E-state index is 7.21. The highest BCUT2D eigenvalue weighted by atomic mass is 32.2. The van der Waals surface area contributed by atoms with Crippen LogP contribution in [0.2, 0.25) is 0 Å². The second-order valence-electron chi connectivity index (χ2n) is 15.4. The van der Waals surface area contributed by atoms with Gasteiger partial charge in [-0.15, -0.1) is 0 Å². The van der Waals surface area contributed by atoms with Crippen molar-refractivity contribution in [1.29, 1.82) is 0 Å². The van der Waals surface area contributed by atoms with Gasteiger partial charge in [-0.3, -0.25) is 0 Å². The van der Waals surface area contributed by atoms with Crippen LogP contribution in [0.4, 0.5) is 0 Å². The van der Waals surface area contributed by atoms with Gasteiger partial charge in [0.25, 0.3) is 0 Å². The van der Waals surface area contributed by atoms with Crippen LogP contribution in [0.3, 0.4) is 0 Å². The van der Waals surface area contributed by atoms with Gasteiger partial charge in [0.2, 0.25) is 0 Å². The zero-order valence-corrected chi connectivity index (χ0v) is 39.6. The molecule has 0 aliphatic heterocycles. The third kappa shape index (κ3) is 10.4. The Kier molecular flexibility index (Phi) is 14.2. The molecule has 65 heavy (non-hydrogen) atoms. The fourth-order valence-electron chi connectivity index (χ4n) is 6.91. The molecule has 8 rings (SSSR count). The van der Waals surface area contributed by atoms with Crippen molar-refractivity contribution < 1.29 is 46.1 Å². The number of hydrogen-bond acceptors (Lipinski definition) is 11. The van der Waals surface area contributed by atoms with Crippen molar-refractivity contribution in [3.8, 4) is 57.5 Å². The first kappa shape index (κ1) is 45.1. The van der Waals surface area contributed by atoms with Crippen LogP contribution in [0.15, 0.2) is 174 Å². The van der Waals surface area contributed by atoms with Gasteiger partial charge in [-0.1, -0.05) is 136 Å². The summed E-state index contributed by atoms with van der Waals surface area (Å²) in [6, 6.07) is 52.1. The van der Waals surface area contributed by atoms with Crippen LogP contribution in [0.25, 0.3) is 21.5 Å². The zero-order valence-electron chi connectivity index (χ0n) is 37.0. The number of para-hydroxylation sites is 8. The molecule has 0 unspecified atom stereocenters. The van der Waals surface area contributed by atoms with Crippen molar-refractivity contribution >= 4 is 50.5 Å². The fourth-order valence-corrected chi connectivity index (χ4v) is 10.4. The highest BCUT2D eigenvalue weighted by molar-refractivity contribution is 8.00. The first-order valence-electron chi connectivity index (χ1n) is 20.6. The van der Waals surface area contributed by atoms with E-state index < -0.39 is 22.6 Å². The van der Waals surface area contributed by atoms with E-state index in [0.29, 0.717) is 57.5 Å². The van der Waals surface area contributed by atoms with Gasteiger partial charge < -0.3 is 46.1 Å². The standard InChI is InChI=1S/C52H48O10P2S/c1-52(2,3)39-34-36-21-9-11-23-38(36)51(49(39)62-64(59-46-30-18-14-26-42(46)55-6)60-47-31-19-15-27-43(47)56-7)65-50-37-22-10-8-20-35(37)32-33-48(50)61-63(57-44-28-16-12-24-40(44)53-4)58-45-29-17-13-25-41(45)54-5/h8-34H,1-7H3. The molecule has 0 aliphatic rings. The topological polar surface area (TPSA) is 92.3 Å². The van der Waals surface area contributed by atoms with Gasteiger partial charge in [-0.05, 0) is 87.6 Å². The quantitative estimate of drug-likeness (QED) is 0.0770. The lowest BCUT2D eigenvalue weighted by Gasteiger charge is -2.28.